The minimum Gasteiger partial charge on any atom is -0.376 e. The van der Waals surface area contributed by atoms with Crippen molar-refractivity contribution in [3.05, 3.63) is 23.7 Å². The molecule has 20 heavy (non-hydrogen) atoms. The van der Waals surface area contributed by atoms with Crippen LogP contribution < -0.4 is 0 Å². The van der Waals surface area contributed by atoms with Gasteiger partial charge >= 0.3 is 0 Å². The molecule has 0 N–H and O–H groups in total. The summed E-state index contributed by atoms with van der Waals surface area (Å²) in [6.45, 7) is 3.77. The largest absolute Gasteiger partial charge is 0.376 e. The van der Waals surface area contributed by atoms with Crippen LogP contribution in [0.5, 0.6) is 0 Å². The molecule has 0 bridgehead atoms. The van der Waals surface area contributed by atoms with Gasteiger partial charge in [0.25, 0.3) is 0 Å². The molecule has 1 aliphatic heterocycles. The first kappa shape index (κ1) is 13.8. The molecule has 2 aromatic heterocycles. The Morgan fingerprint density at radius 3 is 3.10 bits per heavy atom. The molecule has 0 aromatic carbocycles. The van der Waals surface area contributed by atoms with E-state index in [0.29, 0.717) is 5.88 Å². The highest BCUT2D eigenvalue weighted by Gasteiger charge is 2.19. The number of hydrogen-bond donors (Lipinski definition) is 0. The van der Waals surface area contributed by atoms with Gasteiger partial charge in [-0.3, -0.25) is 0 Å². The number of ether oxygens (including phenoxy) is 1. The summed E-state index contributed by atoms with van der Waals surface area (Å²) in [5.41, 5.74) is 3.11. The summed E-state index contributed by atoms with van der Waals surface area (Å²) in [6, 6.07) is 2.00. The molecular formula is C15H20ClN3O. The smallest absolute Gasteiger partial charge is 0.160 e. The van der Waals surface area contributed by atoms with Crippen molar-refractivity contribution in [2.75, 3.05) is 12.5 Å². The van der Waals surface area contributed by atoms with Crippen molar-refractivity contribution < 1.29 is 4.74 Å². The lowest BCUT2D eigenvalue weighted by atomic mass is 10.1. The normalized spacial score (nSPS) is 19.6. The average molecular weight is 294 g/mol. The molecule has 1 saturated heterocycles. The molecule has 1 aliphatic rings. The molecule has 1 atom stereocenters. The highest BCUT2D eigenvalue weighted by Crippen LogP contribution is 2.21. The maximum absolute atomic E-state index is 5.91. The number of alkyl halides is 1. The molecule has 108 valence electrons. The summed E-state index contributed by atoms with van der Waals surface area (Å²) in [5, 5.41) is 0. The monoisotopic (exact) mass is 293 g/mol. The fraction of sp³-hybridized carbons (Fsp3) is 0.600. The zero-order chi connectivity index (χ0) is 13.9. The second-order valence-corrected chi connectivity index (χ2v) is 5.74. The van der Waals surface area contributed by atoms with Crippen molar-refractivity contribution in [1.82, 2.24) is 14.5 Å². The minimum absolute atomic E-state index is 0.275. The van der Waals surface area contributed by atoms with Crippen molar-refractivity contribution in [2.24, 2.45) is 0 Å². The predicted octanol–water partition coefficient (Wildman–Crippen LogP) is 3.09. The van der Waals surface area contributed by atoms with Crippen LogP contribution in [0.4, 0.5) is 0 Å². The maximum Gasteiger partial charge on any atom is 0.160 e. The minimum atomic E-state index is 0.275. The van der Waals surface area contributed by atoms with Crippen LogP contribution in [0.25, 0.3) is 11.2 Å². The van der Waals surface area contributed by atoms with Crippen LogP contribution >= 0.6 is 11.6 Å². The topological polar surface area (TPSA) is 39.9 Å². The molecule has 3 rings (SSSR count). The first-order chi connectivity index (χ1) is 9.79. The molecular weight excluding hydrogens is 274 g/mol. The Kier molecular flexibility index (Phi) is 4.22. The number of nitrogens with zero attached hydrogens (tertiary/aromatic N) is 3. The number of imidazole rings is 1. The van der Waals surface area contributed by atoms with Gasteiger partial charge in [-0.2, -0.15) is 0 Å². The van der Waals surface area contributed by atoms with Crippen LogP contribution in [0, 0.1) is 6.92 Å². The number of pyridine rings is 1. The van der Waals surface area contributed by atoms with Gasteiger partial charge in [0.15, 0.2) is 5.65 Å². The standard InChI is InChI=1S/C15H20ClN3O/c1-11-6-8-17-15-14(11)18-13(5-7-16)19(15)10-12-4-2-3-9-20-12/h6,8,12H,2-5,7,9-10H2,1H3. The van der Waals surface area contributed by atoms with E-state index in [2.05, 4.69) is 16.5 Å². The molecule has 2 aromatic rings. The Morgan fingerprint density at radius 2 is 2.35 bits per heavy atom. The Morgan fingerprint density at radius 1 is 1.45 bits per heavy atom. The summed E-state index contributed by atoms with van der Waals surface area (Å²) in [6.07, 6.45) is 6.43. The van der Waals surface area contributed by atoms with E-state index in [0.717, 1.165) is 48.5 Å². The Hall–Kier alpha value is -1.13. The molecule has 0 radical (unpaired) electrons. The van der Waals surface area contributed by atoms with Gasteiger partial charge in [0, 0.05) is 25.1 Å². The predicted molar refractivity (Wildman–Crippen MR) is 80.3 cm³/mol. The summed E-state index contributed by atoms with van der Waals surface area (Å²) < 4.78 is 8.05. The number of aromatic nitrogens is 3. The van der Waals surface area contributed by atoms with Gasteiger partial charge in [-0.15, -0.1) is 11.6 Å². The molecule has 3 heterocycles. The molecule has 1 fully saturated rings. The second kappa shape index (κ2) is 6.10. The van der Waals surface area contributed by atoms with Gasteiger partial charge in [0.05, 0.1) is 12.6 Å². The molecule has 4 nitrogen and oxygen atoms in total. The number of halogens is 1. The first-order valence-corrected chi connectivity index (χ1v) is 7.81. The van der Waals surface area contributed by atoms with E-state index in [4.69, 9.17) is 21.3 Å². The SMILES string of the molecule is Cc1ccnc2c1nc(CCCl)n2CC1CCCCO1. The Balaban J connectivity index is 1.97. The van der Waals surface area contributed by atoms with E-state index in [-0.39, 0.29) is 6.10 Å². The Bertz CT molecular complexity index is 590. The first-order valence-electron chi connectivity index (χ1n) is 7.28. The van der Waals surface area contributed by atoms with Crippen LogP contribution in [0.1, 0.15) is 30.7 Å². The number of hydrogen-bond acceptors (Lipinski definition) is 3. The van der Waals surface area contributed by atoms with E-state index >= 15 is 0 Å². The third kappa shape index (κ3) is 2.67. The number of rotatable bonds is 4. The van der Waals surface area contributed by atoms with E-state index in [9.17, 15) is 0 Å². The zero-order valence-corrected chi connectivity index (χ0v) is 12.6. The summed E-state index contributed by atoms with van der Waals surface area (Å²) in [4.78, 5) is 9.24. The van der Waals surface area contributed by atoms with Crippen LogP contribution in [-0.2, 0) is 17.7 Å². The van der Waals surface area contributed by atoms with Crippen LogP contribution in [-0.4, -0.2) is 33.1 Å². The van der Waals surface area contributed by atoms with Crippen molar-refractivity contribution in [1.29, 1.82) is 0 Å². The lowest BCUT2D eigenvalue weighted by Gasteiger charge is -2.23. The molecule has 0 amide bonds. The van der Waals surface area contributed by atoms with Crippen LogP contribution in [0.15, 0.2) is 12.3 Å². The zero-order valence-electron chi connectivity index (χ0n) is 11.8. The Labute approximate surface area is 124 Å². The van der Waals surface area contributed by atoms with E-state index in [1.165, 1.54) is 12.8 Å². The third-order valence-electron chi connectivity index (χ3n) is 3.89. The summed E-state index contributed by atoms with van der Waals surface area (Å²) >= 11 is 5.91. The third-order valence-corrected chi connectivity index (χ3v) is 4.08. The molecule has 0 saturated carbocycles. The molecule has 5 heteroatoms. The van der Waals surface area contributed by atoms with E-state index in [1.807, 2.05) is 12.3 Å². The molecule has 0 aliphatic carbocycles. The lowest BCUT2D eigenvalue weighted by Crippen LogP contribution is -2.25. The van der Waals surface area contributed by atoms with E-state index < -0.39 is 0 Å². The van der Waals surface area contributed by atoms with Crippen LogP contribution in [0.2, 0.25) is 0 Å². The molecule has 0 spiro atoms. The lowest BCUT2D eigenvalue weighted by molar-refractivity contribution is 0.00613. The highest BCUT2D eigenvalue weighted by atomic mass is 35.5. The quantitative estimate of drug-likeness (QED) is 0.813. The fourth-order valence-corrected chi connectivity index (χ4v) is 2.97. The van der Waals surface area contributed by atoms with Gasteiger partial charge in [0.1, 0.15) is 11.3 Å². The number of aryl methyl sites for hydroxylation is 2. The van der Waals surface area contributed by atoms with E-state index in [1.54, 1.807) is 0 Å². The van der Waals surface area contributed by atoms with Gasteiger partial charge in [-0.1, -0.05) is 0 Å². The summed E-state index contributed by atoms with van der Waals surface area (Å²) in [5.74, 6) is 1.60. The molecule has 1 unspecified atom stereocenters. The van der Waals surface area contributed by atoms with Crippen molar-refractivity contribution in [3.8, 4) is 0 Å². The summed E-state index contributed by atoms with van der Waals surface area (Å²) in [7, 11) is 0. The van der Waals surface area contributed by atoms with Gasteiger partial charge in [-0.05, 0) is 37.8 Å². The van der Waals surface area contributed by atoms with Gasteiger partial charge < -0.3 is 9.30 Å². The second-order valence-electron chi connectivity index (χ2n) is 5.37. The average Bonchev–Trinajstić information content (AvgIpc) is 2.81. The van der Waals surface area contributed by atoms with Crippen molar-refractivity contribution in [3.63, 3.8) is 0 Å². The van der Waals surface area contributed by atoms with Crippen molar-refractivity contribution in [2.45, 2.75) is 45.3 Å². The van der Waals surface area contributed by atoms with Gasteiger partial charge in [0.2, 0.25) is 0 Å². The van der Waals surface area contributed by atoms with Crippen molar-refractivity contribution >= 4 is 22.8 Å². The fourth-order valence-electron chi connectivity index (χ4n) is 2.81. The van der Waals surface area contributed by atoms with Crippen LogP contribution in [0.3, 0.4) is 0 Å². The maximum atomic E-state index is 5.91. The van der Waals surface area contributed by atoms with Gasteiger partial charge in [-0.25, -0.2) is 9.97 Å². The highest BCUT2D eigenvalue weighted by molar-refractivity contribution is 6.17. The number of fused-ring (bicyclic) bond motifs is 1.